The van der Waals surface area contributed by atoms with Crippen molar-refractivity contribution >= 4 is 11.8 Å². The summed E-state index contributed by atoms with van der Waals surface area (Å²) >= 11 is 0. The third kappa shape index (κ3) is 4.00. The molecule has 0 fully saturated rings. The number of benzene rings is 2. The largest absolute Gasteiger partial charge is 0.514 e. The van der Waals surface area contributed by atoms with Crippen molar-refractivity contribution in [2.75, 3.05) is 0 Å². The fourth-order valence-electron chi connectivity index (χ4n) is 1.56. The van der Waals surface area contributed by atoms with Crippen LogP contribution in [0.1, 0.15) is 5.56 Å². The van der Waals surface area contributed by atoms with E-state index in [4.69, 9.17) is 4.74 Å². The summed E-state index contributed by atoms with van der Waals surface area (Å²) in [6, 6.07) is 11.4. The quantitative estimate of drug-likeness (QED) is 0.373. The molecular weight excluding hydrogens is 281 g/mol. The van der Waals surface area contributed by atoms with Gasteiger partial charge in [0, 0.05) is 12.1 Å². The van der Waals surface area contributed by atoms with Crippen LogP contribution < -0.4 is 4.74 Å². The second-order valence-electron chi connectivity index (χ2n) is 4.00. The van der Waals surface area contributed by atoms with Crippen molar-refractivity contribution in [2.45, 2.75) is 6.61 Å². The van der Waals surface area contributed by atoms with E-state index in [1.807, 2.05) is 0 Å². The summed E-state index contributed by atoms with van der Waals surface area (Å²) in [6.45, 7) is -0.0528. The van der Waals surface area contributed by atoms with Crippen LogP contribution in [0.15, 0.2) is 48.5 Å². The molecule has 0 heterocycles. The average molecular weight is 291 g/mol. The molecule has 0 radical (unpaired) electrons. The summed E-state index contributed by atoms with van der Waals surface area (Å²) in [5, 5.41) is 10.7. The van der Waals surface area contributed by atoms with Crippen molar-refractivity contribution in [2.24, 2.45) is 0 Å². The Labute approximate surface area is 118 Å². The molecule has 0 aliphatic carbocycles. The van der Waals surface area contributed by atoms with E-state index >= 15 is 0 Å². The van der Waals surface area contributed by atoms with Crippen molar-refractivity contribution in [3.05, 3.63) is 70.0 Å². The SMILES string of the molecule is O=C(OCc1ccccc1)Oc1cc(F)ccc1[N+](=O)[O-]. The van der Waals surface area contributed by atoms with Crippen molar-refractivity contribution in [3.8, 4) is 5.75 Å². The van der Waals surface area contributed by atoms with Crippen LogP contribution in [0.25, 0.3) is 0 Å². The first-order valence-corrected chi connectivity index (χ1v) is 5.89. The van der Waals surface area contributed by atoms with Crippen molar-refractivity contribution < 1.29 is 23.6 Å². The zero-order valence-electron chi connectivity index (χ0n) is 10.7. The van der Waals surface area contributed by atoms with Gasteiger partial charge in [0.05, 0.1) is 4.92 Å². The van der Waals surface area contributed by atoms with Crippen LogP contribution in [0.2, 0.25) is 0 Å². The van der Waals surface area contributed by atoms with Crippen LogP contribution in [-0.4, -0.2) is 11.1 Å². The number of hydrogen-bond donors (Lipinski definition) is 0. The van der Waals surface area contributed by atoms with Crippen LogP contribution in [0.5, 0.6) is 5.75 Å². The first kappa shape index (κ1) is 14.4. The number of hydrogen-bond acceptors (Lipinski definition) is 5. The van der Waals surface area contributed by atoms with Gasteiger partial charge in [-0.2, -0.15) is 0 Å². The Balaban J connectivity index is 2.02. The van der Waals surface area contributed by atoms with Gasteiger partial charge in [0.15, 0.2) is 0 Å². The molecular formula is C14H10FNO5. The van der Waals surface area contributed by atoms with E-state index in [2.05, 4.69) is 4.74 Å². The Bertz CT molecular complexity index is 660. The monoisotopic (exact) mass is 291 g/mol. The Hall–Kier alpha value is -2.96. The number of ether oxygens (including phenoxy) is 2. The normalized spacial score (nSPS) is 9.95. The highest BCUT2D eigenvalue weighted by atomic mass is 19.1. The molecule has 2 aromatic carbocycles. The van der Waals surface area contributed by atoms with Gasteiger partial charge >= 0.3 is 11.8 Å². The van der Waals surface area contributed by atoms with E-state index in [0.717, 1.165) is 23.8 Å². The summed E-state index contributed by atoms with van der Waals surface area (Å²) < 4.78 is 22.5. The predicted octanol–water partition coefficient (Wildman–Crippen LogP) is 3.45. The average Bonchev–Trinajstić information content (AvgIpc) is 2.46. The molecule has 0 aromatic heterocycles. The lowest BCUT2D eigenvalue weighted by molar-refractivity contribution is -0.385. The van der Waals surface area contributed by atoms with Crippen LogP contribution >= 0.6 is 0 Å². The van der Waals surface area contributed by atoms with E-state index in [1.165, 1.54) is 0 Å². The van der Waals surface area contributed by atoms with Crippen molar-refractivity contribution in [3.63, 3.8) is 0 Å². The third-order valence-corrected chi connectivity index (χ3v) is 2.51. The first-order valence-electron chi connectivity index (χ1n) is 5.89. The number of halogens is 1. The zero-order chi connectivity index (χ0) is 15.2. The highest BCUT2D eigenvalue weighted by molar-refractivity contribution is 5.66. The van der Waals surface area contributed by atoms with Crippen LogP contribution in [0.4, 0.5) is 14.9 Å². The lowest BCUT2D eigenvalue weighted by atomic mass is 10.2. The number of carbonyl (C=O) groups is 1. The molecule has 0 spiro atoms. The molecule has 2 rings (SSSR count). The van der Waals surface area contributed by atoms with Gasteiger partial charge in [0.1, 0.15) is 12.4 Å². The molecule has 21 heavy (non-hydrogen) atoms. The third-order valence-electron chi connectivity index (χ3n) is 2.51. The van der Waals surface area contributed by atoms with Gasteiger partial charge in [-0.25, -0.2) is 9.18 Å². The fraction of sp³-hybridized carbons (Fsp3) is 0.0714. The molecule has 0 unspecified atom stereocenters. The minimum absolute atomic E-state index is 0.0528. The molecule has 2 aromatic rings. The summed E-state index contributed by atoms with van der Waals surface area (Å²) in [6.07, 6.45) is -1.15. The van der Waals surface area contributed by atoms with Gasteiger partial charge in [0.25, 0.3) is 0 Å². The minimum atomic E-state index is -1.15. The number of nitrogens with zero attached hydrogens (tertiary/aromatic N) is 1. The second kappa shape index (κ2) is 6.47. The standard InChI is InChI=1S/C14H10FNO5/c15-11-6-7-12(16(18)19)13(8-11)21-14(17)20-9-10-4-2-1-3-5-10/h1-8H,9H2. The summed E-state index contributed by atoms with van der Waals surface area (Å²) in [5.74, 6) is -1.26. The van der Waals surface area contributed by atoms with Crippen LogP contribution in [0.3, 0.4) is 0 Å². The van der Waals surface area contributed by atoms with E-state index in [0.29, 0.717) is 0 Å². The molecule has 7 heteroatoms. The van der Waals surface area contributed by atoms with Gasteiger partial charge in [-0.15, -0.1) is 0 Å². The Morgan fingerprint density at radius 1 is 1.19 bits per heavy atom. The van der Waals surface area contributed by atoms with E-state index in [9.17, 15) is 19.3 Å². The highest BCUT2D eigenvalue weighted by Crippen LogP contribution is 2.27. The molecule has 0 aliphatic rings. The fourth-order valence-corrected chi connectivity index (χ4v) is 1.56. The molecule has 6 nitrogen and oxygen atoms in total. The zero-order valence-corrected chi connectivity index (χ0v) is 10.7. The second-order valence-corrected chi connectivity index (χ2v) is 4.00. The molecule has 0 atom stereocenters. The maximum absolute atomic E-state index is 13.1. The summed E-state index contributed by atoms with van der Waals surface area (Å²) in [5.41, 5.74) is 0.205. The van der Waals surface area contributed by atoms with E-state index < -0.39 is 28.3 Å². The number of carbonyl (C=O) groups excluding carboxylic acids is 1. The molecule has 0 aliphatic heterocycles. The van der Waals surface area contributed by atoms with Gasteiger partial charge in [-0.05, 0) is 11.6 Å². The van der Waals surface area contributed by atoms with E-state index in [-0.39, 0.29) is 6.61 Å². The topological polar surface area (TPSA) is 78.7 Å². The van der Waals surface area contributed by atoms with E-state index in [1.54, 1.807) is 30.3 Å². The lowest BCUT2D eigenvalue weighted by Gasteiger charge is -2.06. The number of nitro benzene ring substituents is 1. The smallest absolute Gasteiger partial charge is 0.429 e. The van der Waals surface area contributed by atoms with Gasteiger partial charge in [-0.3, -0.25) is 10.1 Å². The minimum Gasteiger partial charge on any atom is -0.429 e. The Kier molecular flexibility index (Phi) is 4.45. The van der Waals surface area contributed by atoms with Gasteiger partial charge < -0.3 is 9.47 Å². The summed E-state index contributed by atoms with van der Waals surface area (Å²) in [4.78, 5) is 21.4. The Morgan fingerprint density at radius 3 is 2.57 bits per heavy atom. The molecule has 0 saturated carbocycles. The molecule has 0 saturated heterocycles. The molecule has 108 valence electrons. The van der Waals surface area contributed by atoms with Gasteiger partial charge in [-0.1, -0.05) is 30.3 Å². The predicted molar refractivity (Wildman–Crippen MR) is 70.3 cm³/mol. The highest BCUT2D eigenvalue weighted by Gasteiger charge is 2.19. The Morgan fingerprint density at radius 2 is 1.90 bits per heavy atom. The maximum Gasteiger partial charge on any atom is 0.514 e. The molecule has 0 bridgehead atoms. The van der Waals surface area contributed by atoms with Crippen molar-refractivity contribution in [1.29, 1.82) is 0 Å². The van der Waals surface area contributed by atoms with Gasteiger partial charge in [0.2, 0.25) is 5.75 Å². The number of rotatable bonds is 4. The first-order chi connectivity index (χ1) is 10.1. The molecule has 0 amide bonds. The van der Waals surface area contributed by atoms with Crippen LogP contribution in [-0.2, 0) is 11.3 Å². The summed E-state index contributed by atoms with van der Waals surface area (Å²) in [7, 11) is 0. The number of nitro groups is 1. The maximum atomic E-state index is 13.1. The van der Waals surface area contributed by atoms with Crippen molar-refractivity contribution in [1.82, 2.24) is 0 Å². The van der Waals surface area contributed by atoms with Crippen LogP contribution in [0, 0.1) is 15.9 Å². The lowest BCUT2D eigenvalue weighted by Crippen LogP contribution is -2.11. The molecule has 0 N–H and O–H groups in total.